The fourth-order valence-corrected chi connectivity index (χ4v) is 3.02. The van der Waals surface area contributed by atoms with Crippen molar-refractivity contribution >= 4 is 11.6 Å². The zero-order valence-corrected chi connectivity index (χ0v) is 12.7. The highest BCUT2D eigenvalue weighted by molar-refractivity contribution is 6.32. The molecule has 3 nitrogen and oxygen atoms in total. The summed E-state index contributed by atoms with van der Waals surface area (Å²) >= 11 is 6.35. The maximum atomic E-state index is 6.35. The first-order chi connectivity index (χ1) is 9.78. The number of ether oxygens (including phenoxy) is 2. The Morgan fingerprint density at radius 1 is 1.25 bits per heavy atom. The van der Waals surface area contributed by atoms with Crippen LogP contribution in [0.4, 0.5) is 0 Å². The summed E-state index contributed by atoms with van der Waals surface area (Å²) in [6.45, 7) is 1.85. The van der Waals surface area contributed by atoms with Gasteiger partial charge in [0.25, 0.3) is 0 Å². The Bertz CT molecular complexity index is 468. The third-order valence-electron chi connectivity index (χ3n) is 4.12. The van der Waals surface area contributed by atoms with Gasteiger partial charge in [0.05, 0.1) is 18.7 Å². The molecule has 1 N–H and O–H groups in total. The highest BCUT2D eigenvalue weighted by atomic mass is 35.5. The number of nitrogens with one attached hydrogen (secondary N) is 1. The summed E-state index contributed by atoms with van der Waals surface area (Å²) in [6.07, 6.45) is 6.23. The second-order valence-corrected chi connectivity index (χ2v) is 6.20. The summed E-state index contributed by atoms with van der Waals surface area (Å²) in [5.74, 6) is 2.16. The van der Waals surface area contributed by atoms with Crippen molar-refractivity contribution in [1.82, 2.24) is 5.32 Å². The average Bonchev–Trinajstić information content (AvgIpc) is 3.30. The third-order valence-corrected chi connectivity index (χ3v) is 4.40. The number of piperidine rings is 1. The van der Waals surface area contributed by atoms with E-state index in [0.717, 1.165) is 31.2 Å². The van der Waals surface area contributed by atoms with Gasteiger partial charge < -0.3 is 14.8 Å². The maximum absolute atomic E-state index is 6.35. The van der Waals surface area contributed by atoms with E-state index < -0.39 is 0 Å². The molecule has 1 aromatic carbocycles. The Balaban J connectivity index is 1.82. The molecule has 2 aliphatic rings. The van der Waals surface area contributed by atoms with Gasteiger partial charge in [0.15, 0.2) is 11.5 Å². The van der Waals surface area contributed by atoms with E-state index >= 15 is 0 Å². The molecule has 1 atom stereocenters. The van der Waals surface area contributed by atoms with Crippen molar-refractivity contribution in [2.75, 3.05) is 20.3 Å². The summed E-state index contributed by atoms with van der Waals surface area (Å²) in [4.78, 5) is 0. The molecule has 2 fully saturated rings. The van der Waals surface area contributed by atoms with E-state index in [1.165, 1.54) is 31.2 Å². The number of methoxy groups -OCH3 is 1. The summed E-state index contributed by atoms with van der Waals surface area (Å²) in [5.41, 5.74) is 1.21. The number of hydrogen-bond donors (Lipinski definition) is 1. The average molecular weight is 296 g/mol. The Kier molecular flexibility index (Phi) is 4.37. The van der Waals surface area contributed by atoms with E-state index in [1.807, 2.05) is 6.07 Å². The minimum atomic E-state index is 0.385. The summed E-state index contributed by atoms with van der Waals surface area (Å²) in [7, 11) is 1.64. The fraction of sp³-hybridized carbons (Fsp3) is 0.625. The van der Waals surface area contributed by atoms with Crippen molar-refractivity contribution in [2.45, 2.75) is 38.1 Å². The molecule has 0 aromatic heterocycles. The summed E-state index contributed by atoms with van der Waals surface area (Å²) < 4.78 is 11.3. The molecule has 20 heavy (non-hydrogen) atoms. The van der Waals surface area contributed by atoms with E-state index in [1.54, 1.807) is 7.11 Å². The van der Waals surface area contributed by atoms with Gasteiger partial charge in [-0.1, -0.05) is 18.0 Å². The highest BCUT2D eigenvalue weighted by Gasteiger charge is 2.24. The molecule has 0 amide bonds. The van der Waals surface area contributed by atoms with Gasteiger partial charge in [-0.15, -0.1) is 0 Å². The summed E-state index contributed by atoms with van der Waals surface area (Å²) in [6, 6.07) is 4.49. The van der Waals surface area contributed by atoms with Crippen LogP contribution in [0.15, 0.2) is 12.1 Å². The zero-order valence-electron chi connectivity index (χ0n) is 12.0. The van der Waals surface area contributed by atoms with Crippen LogP contribution in [0.5, 0.6) is 11.5 Å². The van der Waals surface area contributed by atoms with Crippen LogP contribution in [-0.4, -0.2) is 20.3 Å². The minimum absolute atomic E-state index is 0.385. The molecule has 4 heteroatoms. The SMILES string of the molecule is COc1c(Cl)cc(C2CCCCN2)cc1OCC1CC1. The second-order valence-electron chi connectivity index (χ2n) is 5.79. The van der Waals surface area contributed by atoms with Crippen molar-refractivity contribution in [2.24, 2.45) is 5.92 Å². The van der Waals surface area contributed by atoms with Gasteiger partial charge in [-0.05, 0) is 55.8 Å². The molecule has 0 radical (unpaired) electrons. The lowest BCUT2D eigenvalue weighted by Crippen LogP contribution is -2.26. The molecule has 110 valence electrons. The van der Waals surface area contributed by atoms with E-state index in [2.05, 4.69) is 11.4 Å². The number of benzene rings is 1. The quantitative estimate of drug-likeness (QED) is 0.892. The van der Waals surface area contributed by atoms with Gasteiger partial charge in [-0.25, -0.2) is 0 Å². The van der Waals surface area contributed by atoms with E-state index in [-0.39, 0.29) is 0 Å². The highest BCUT2D eigenvalue weighted by Crippen LogP contribution is 2.40. The van der Waals surface area contributed by atoms with Crippen LogP contribution in [0.1, 0.15) is 43.7 Å². The lowest BCUT2D eigenvalue weighted by atomic mass is 9.97. The van der Waals surface area contributed by atoms with Crippen molar-refractivity contribution < 1.29 is 9.47 Å². The van der Waals surface area contributed by atoms with Gasteiger partial charge in [0.1, 0.15) is 0 Å². The lowest BCUT2D eigenvalue weighted by molar-refractivity contribution is 0.279. The Morgan fingerprint density at radius 2 is 2.10 bits per heavy atom. The van der Waals surface area contributed by atoms with Crippen LogP contribution < -0.4 is 14.8 Å². The third kappa shape index (κ3) is 3.21. The van der Waals surface area contributed by atoms with Crippen LogP contribution in [0.2, 0.25) is 5.02 Å². The van der Waals surface area contributed by atoms with E-state index in [9.17, 15) is 0 Å². The molecule has 1 aromatic rings. The first-order valence-electron chi connectivity index (χ1n) is 7.51. The number of hydrogen-bond acceptors (Lipinski definition) is 3. The number of rotatable bonds is 5. The molecule has 1 aliphatic heterocycles. The van der Waals surface area contributed by atoms with Crippen molar-refractivity contribution in [3.63, 3.8) is 0 Å². The van der Waals surface area contributed by atoms with Crippen LogP contribution in [-0.2, 0) is 0 Å². The first-order valence-corrected chi connectivity index (χ1v) is 7.89. The molecule has 0 bridgehead atoms. The van der Waals surface area contributed by atoms with Crippen molar-refractivity contribution in [3.05, 3.63) is 22.7 Å². The van der Waals surface area contributed by atoms with Gasteiger partial charge in [-0.2, -0.15) is 0 Å². The zero-order chi connectivity index (χ0) is 13.9. The van der Waals surface area contributed by atoms with E-state index in [4.69, 9.17) is 21.1 Å². The normalized spacial score (nSPS) is 22.6. The van der Waals surface area contributed by atoms with Crippen LogP contribution in [0.25, 0.3) is 0 Å². The molecule has 1 aliphatic carbocycles. The Morgan fingerprint density at radius 3 is 2.75 bits per heavy atom. The predicted octanol–water partition coefficient (Wildman–Crippen LogP) is 3.95. The molecule has 1 saturated heterocycles. The van der Waals surface area contributed by atoms with Gasteiger partial charge >= 0.3 is 0 Å². The largest absolute Gasteiger partial charge is 0.491 e. The van der Waals surface area contributed by atoms with Crippen LogP contribution in [0.3, 0.4) is 0 Å². The Labute approximate surface area is 125 Å². The molecular formula is C16H22ClNO2. The molecular weight excluding hydrogens is 274 g/mol. The maximum Gasteiger partial charge on any atom is 0.179 e. The Hall–Kier alpha value is -0.930. The molecule has 1 unspecified atom stereocenters. The minimum Gasteiger partial charge on any atom is -0.491 e. The summed E-state index contributed by atoms with van der Waals surface area (Å²) in [5, 5.41) is 4.19. The topological polar surface area (TPSA) is 30.5 Å². The standard InChI is InChI=1S/C16H22ClNO2/c1-19-16-13(17)8-12(14-4-2-3-7-18-14)9-15(16)20-10-11-5-6-11/h8-9,11,14,18H,2-7,10H2,1H3. The lowest BCUT2D eigenvalue weighted by Gasteiger charge is -2.25. The van der Waals surface area contributed by atoms with Crippen molar-refractivity contribution in [1.29, 1.82) is 0 Å². The fourth-order valence-electron chi connectivity index (χ4n) is 2.72. The van der Waals surface area contributed by atoms with Crippen molar-refractivity contribution in [3.8, 4) is 11.5 Å². The number of halogens is 1. The molecule has 0 spiro atoms. The van der Waals surface area contributed by atoms with E-state index in [0.29, 0.717) is 16.8 Å². The molecule has 1 heterocycles. The van der Waals surface area contributed by atoms with Gasteiger partial charge in [0.2, 0.25) is 0 Å². The molecule has 3 rings (SSSR count). The van der Waals surface area contributed by atoms with Crippen LogP contribution in [0, 0.1) is 5.92 Å². The monoisotopic (exact) mass is 295 g/mol. The smallest absolute Gasteiger partial charge is 0.179 e. The first kappa shape index (κ1) is 14.0. The van der Waals surface area contributed by atoms with Crippen LogP contribution >= 0.6 is 11.6 Å². The predicted molar refractivity (Wildman–Crippen MR) is 80.8 cm³/mol. The molecule has 1 saturated carbocycles. The second kappa shape index (κ2) is 6.23. The van der Waals surface area contributed by atoms with Gasteiger partial charge in [0, 0.05) is 6.04 Å². The van der Waals surface area contributed by atoms with Gasteiger partial charge in [-0.3, -0.25) is 0 Å².